The van der Waals surface area contributed by atoms with Gasteiger partial charge in [-0.3, -0.25) is 14.4 Å². The molecule has 7 heteroatoms. The SMILES string of the molecule is COc1cccc(NC(=O)CN(C)C(=O)CNC(=O)C(C)(C)C)c1. The van der Waals surface area contributed by atoms with Crippen LogP contribution in [0, 0.1) is 5.41 Å². The van der Waals surface area contributed by atoms with Crippen LogP contribution in [0.4, 0.5) is 5.69 Å². The topological polar surface area (TPSA) is 87.7 Å². The van der Waals surface area contributed by atoms with E-state index >= 15 is 0 Å². The van der Waals surface area contributed by atoms with Gasteiger partial charge in [-0.05, 0) is 12.1 Å². The van der Waals surface area contributed by atoms with Crippen molar-refractivity contribution in [1.29, 1.82) is 0 Å². The van der Waals surface area contributed by atoms with Crippen LogP contribution < -0.4 is 15.4 Å². The molecule has 0 saturated heterocycles. The number of nitrogens with one attached hydrogen (secondary N) is 2. The van der Waals surface area contributed by atoms with E-state index in [1.165, 1.54) is 11.9 Å². The second-order valence-electron chi connectivity index (χ2n) is 6.46. The lowest BCUT2D eigenvalue weighted by Gasteiger charge is -2.20. The Morgan fingerprint density at radius 1 is 1.21 bits per heavy atom. The molecule has 0 aliphatic rings. The number of hydrogen-bond donors (Lipinski definition) is 2. The first kappa shape index (κ1) is 19.5. The molecule has 0 spiro atoms. The zero-order valence-electron chi connectivity index (χ0n) is 14.8. The highest BCUT2D eigenvalue weighted by molar-refractivity contribution is 5.95. The van der Waals surface area contributed by atoms with E-state index in [0.717, 1.165) is 0 Å². The number of anilines is 1. The van der Waals surface area contributed by atoms with Crippen molar-refractivity contribution in [2.75, 3.05) is 32.6 Å². The molecule has 1 aromatic rings. The number of hydrogen-bond acceptors (Lipinski definition) is 4. The number of carbonyl (C=O) groups is 3. The lowest BCUT2D eigenvalue weighted by Crippen LogP contribution is -2.44. The van der Waals surface area contributed by atoms with Gasteiger partial charge in [-0.2, -0.15) is 0 Å². The average Bonchev–Trinajstić information content (AvgIpc) is 2.51. The normalized spacial score (nSPS) is 10.7. The molecule has 0 unspecified atom stereocenters. The van der Waals surface area contributed by atoms with Gasteiger partial charge in [0.15, 0.2) is 0 Å². The second kappa shape index (κ2) is 8.33. The molecular weight excluding hydrogens is 310 g/mol. The van der Waals surface area contributed by atoms with Gasteiger partial charge < -0.3 is 20.3 Å². The lowest BCUT2D eigenvalue weighted by molar-refractivity contribution is -0.135. The molecule has 7 nitrogen and oxygen atoms in total. The Morgan fingerprint density at radius 2 is 1.88 bits per heavy atom. The Hall–Kier alpha value is -2.57. The standard InChI is InChI=1S/C17H25N3O4/c1-17(2,3)16(23)18-10-15(22)20(4)11-14(21)19-12-7-6-8-13(9-12)24-5/h6-9H,10-11H2,1-5H3,(H,18,23)(H,19,21). The van der Waals surface area contributed by atoms with Crippen LogP contribution >= 0.6 is 0 Å². The van der Waals surface area contributed by atoms with E-state index in [1.807, 2.05) is 0 Å². The quantitative estimate of drug-likeness (QED) is 0.819. The van der Waals surface area contributed by atoms with Crippen LogP contribution in [0.15, 0.2) is 24.3 Å². The van der Waals surface area contributed by atoms with Crippen molar-refractivity contribution in [3.05, 3.63) is 24.3 Å². The van der Waals surface area contributed by atoms with E-state index in [-0.39, 0.29) is 30.8 Å². The fourth-order valence-corrected chi connectivity index (χ4v) is 1.76. The Morgan fingerprint density at radius 3 is 2.46 bits per heavy atom. The number of rotatable bonds is 6. The summed E-state index contributed by atoms with van der Waals surface area (Å²) >= 11 is 0. The van der Waals surface area contributed by atoms with Crippen molar-refractivity contribution in [2.45, 2.75) is 20.8 Å². The summed E-state index contributed by atoms with van der Waals surface area (Å²) in [6, 6.07) is 6.93. The van der Waals surface area contributed by atoms with Gasteiger partial charge in [0, 0.05) is 24.2 Å². The average molecular weight is 335 g/mol. The van der Waals surface area contributed by atoms with Crippen molar-refractivity contribution in [3.8, 4) is 5.75 Å². The van der Waals surface area contributed by atoms with E-state index in [9.17, 15) is 14.4 Å². The maximum absolute atomic E-state index is 12.0. The van der Waals surface area contributed by atoms with Gasteiger partial charge in [0.2, 0.25) is 17.7 Å². The largest absolute Gasteiger partial charge is 0.497 e. The Bertz CT molecular complexity index is 608. The highest BCUT2D eigenvalue weighted by atomic mass is 16.5. The first-order chi connectivity index (χ1) is 11.1. The Labute approximate surface area is 142 Å². The van der Waals surface area contributed by atoms with Crippen LogP contribution in [-0.4, -0.2) is 49.9 Å². The fourth-order valence-electron chi connectivity index (χ4n) is 1.76. The van der Waals surface area contributed by atoms with Gasteiger partial charge in [0.25, 0.3) is 0 Å². The molecule has 1 rings (SSSR count). The summed E-state index contributed by atoms with van der Waals surface area (Å²) in [7, 11) is 3.05. The van der Waals surface area contributed by atoms with Crippen LogP contribution in [0.5, 0.6) is 5.75 Å². The second-order valence-corrected chi connectivity index (χ2v) is 6.46. The van der Waals surface area contributed by atoms with Crippen molar-refractivity contribution in [1.82, 2.24) is 10.2 Å². The minimum Gasteiger partial charge on any atom is -0.497 e. The highest BCUT2D eigenvalue weighted by Crippen LogP contribution is 2.16. The third-order valence-electron chi connectivity index (χ3n) is 3.24. The zero-order valence-corrected chi connectivity index (χ0v) is 14.8. The van der Waals surface area contributed by atoms with Gasteiger partial charge in [0.1, 0.15) is 5.75 Å². The summed E-state index contributed by atoms with van der Waals surface area (Å²) in [5.41, 5.74) is 0.0176. The van der Waals surface area contributed by atoms with Gasteiger partial charge in [-0.15, -0.1) is 0 Å². The van der Waals surface area contributed by atoms with Crippen molar-refractivity contribution in [3.63, 3.8) is 0 Å². The Balaban J connectivity index is 2.48. The predicted octanol–water partition coefficient (Wildman–Crippen LogP) is 1.25. The van der Waals surface area contributed by atoms with Crippen LogP contribution in [-0.2, 0) is 14.4 Å². The molecule has 0 fully saturated rings. The third-order valence-corrected chi connectivity index (χ3v) is 3.24. The Kier molecular flexibility index (Phi) is 6.76. The molecular formula is C17H25N3O4. The maximum atomic E-state index is 12.0. The fraction of sp³-hybridized carbons (Fsp3) is 0.471. The van der Waals surface area contributed by atoms with E-state index in [2.05, 4.69) is 10.6 Å². The number of benzene rings is 1. The summed E-state index contributed by atoms with van der Waals surface area (Å²) in [6.07, 6.45) is 0. The predicted molar refractivity (Wildman–Crippen MR) is 91.7 cm³/mol. The molecule has 0 radical (unpaired) electrons. The van der Waals surface area contributed by atoms with Crippen molar-refractivity contribution >= 4 is 23.4 Å². The van der Waals surface area contributed by atoms with E-state index < -0.39 is 5.41 Å². The van der Waals surface area contributed by atoms with Crippen LogP contribution in [0.2, 0.25) is 0 Å². The molecule has 0 saturated carbocycles. The first-order valence-corrected chi connectivity index (χ1v) is 7.59. The summed E-state index contributed by atoms with van der Waals surface area (Å²) in [5.74, 6) is -0.262. The molecule has 0 bridgehead atoms. The zero-order chi connectivity index (χ0) is 18.3. The van der Waals surface area contributed by atoms with E-state index in [4.69, 9.17) is 4.74 Å². The van der Waals surface area contributed by atoms with Gasteiger partial charge >= 0.3 is 0 Å². The number of ether oxygens (including phenoxy) is 1. The first-order valence-electron chi connectivity index (χ1n) is 7.59. The van der Waals surface area contributed by atoms with Crippen LogP contribution in [0.25, 0.3) is 0 Å². The molecule has 0 aliphatic carbocycles. The molecule has 0 aromatic heterocycles. The molecule has 0 atom stereocenters. The summed E-state index contributed by atoms with van der Waals surface area (Å²) in [5, 5.41) is 5.25. The van der Waals surface area contributed by atoms with Crippen LogP contribution in [0.3, 0.4) is 0 Å². The monoisotopic (exact) mass is 335 g/mol. The number of likely N-dealkylation sites (N-methyl/N-ethyl adjacent to an activating group) is 1. The van der Waals surface area contributed by atoms with Gasteiger partial charge in [-0.1, -0.05) is 26.8 Å². The van der Waals surface area contributed by atoms with Gasteiger partial charge in [-0.25, -0.2) is 0 Å². The lowest BCUT2D eigenvalue weighted by atomic mass is 9.96. The minimum atomic E-state index is -0.567. The number of methoxy groups -OCH3 is 1. The summed E-state index contributed by atoms with van der Waals surface area (Å²) < 4.78 is 5.08. The van der Waals surface area contributed by atoms with Crippen molar-refractivity contribution < 1.29 is 19.1 Å². The number of carbonyl (C=O) groups excluding carboxylic acids is 3. The van der Waals surface area contributed by atoms with Crippen LogP contribution in [0.1, 0.15) is 20.8 Å². The van der Waals surface area contributed by atoms with Gasteiger partial charge in [0.05, 0.1) is 20.2 Å². The highest BCUT2D eigenvalue weighted by Gasteiger charge is 2.22. The molecule has 0 heterocycles. The van der Waals surface area contributed by atoms with E-state index in [1.54, 1.807) is 52.1 Å². The smallest absolute Gasteiger partial charge is 0.243 e. The molecule has 132 valence electrons. The maximum Gasteiger partial charge on any atom is 0.243 e. The van der Waals surface area contributed by atoms with E-state index in [0.29, 0.717) is 11.4 Å². The molecule has 24 heavy (non-hydrogen) atoms. The molecule has 0 aliphatic heterocycles. The summed E-state index contributed by atoms with van der Waals surface area (Å²) in [4.78, 5) is 37.0. The number of amides is 3. The molecule has 1 aromatic carbocycles. The molecule has 3 amide bonds. The summed E-state index contributed by atoms with van der Waals surface area (Å²) in [6.45, 7) is 5.04. The molecule has 2 N–H and O–H groups in total. The number of nitrogens with zero attached hydrogens (tertiary/aromatic N) is 1. The minimum absolute atomic E-state index is 0.110. The third kappa shape index (κ3) is 6.28. The van der Waals surface area contributed by atoms with Crippen molar-refractivity contribution in [2.24, 2.45) is 5.41 Å².